The first-order valence-electron chi connectivity index (χ1n) is 7.57. The number of halogens is 4. The highest BCUT2D eigenvalue weighted by Gasteiger charge is 2.32. The van der Waals surface area contributed by atoms with Gasteiger partial charge in [0, 0.05) is 34.4 Å². The Morgan fingerprint density at radius 3 is 2.80 bits per heavy atom. The van der Waals surface area contributed by atoms with Crippen LogP contribution >= 0.6 is 22.6 Å². The third-order valence-corrected chi connectivity index (χ3v) is 4.52. The lowest BCUT2D eigenvalue weighted by Gasteiger charge is -2.17. The van der Waals surface area contributed by atoms with Crippen LogP contribution in [0.1, 0.15) is 22.3 Å². The molecule has 0 spiro atoms. The Labute approximate surface area is 156 Å². The molecule has 2 aromatic rings. The summed E-state index contributed by atoms with van der Waals surface area (Å²) in [5.74, 6) is -0.190. The number of carbonyl (C=O) groups excluding carboxylic acids is 1. The van der Waals surface area contributed by atoms with Crippen LogP contribution in [0.4, 0.5) is 13.2 Å². The van der Waals surface area contributed by atoms with Crippen molar-refractivity contribution in [2.75, 3.05) is 13.1 Å². The third-order valence-electron chi connectivity index (χ3n) is 3.85. The molecule has 1 atom stereocenters. The maximum atomic E-state index is 12.7. The highest BCUT2D eigenvalue weighted by Crippen LogP contribution is 2.31. The van der Waals surface area contributed by atoms with Gasteiger partial charge in [0.25, 0.3) is 5.91 Å². The van der Waals surface area contributed by atoms with Crippen molar-refractivity contribution < 1.29 is 22.7 Å². The normalized spacial score (nSPS) is 17.6. The smallest absolute Gasteiger partial charge is 0.416 e. The fourth-order valence-electron chi connectivity index (χ4n) is 2.63. The van der Waals surface area contributed by atoms with E-state index in [9.17, 15) is 18.0 Å². The van der Waals surface area contributed by atoms with Crippen molar-refractivity contribution in [2.45, 2.75) is 18.7 Å². The standard InChI is InChI=1S/C17H14F3IN2O2/c18-17(19,20)12-4-6-22-15(9-12)25-14-5-7-23(10-14)16(24)11-2-1-3-13(21)8-11/h1-4,6,8-9,14H,5,7,10H2. The molecule has 0 aliphatic carbocycles. The molecule has 1 unspecified atom stereocenters. The Morgan fingerprint density at radius 1 is 1.28 bits per heavy atom. The lowest BCUT2D eigenvalue weighted by Crippen LogP contribution is -2.31. The Kier molecular flexibility index (Phi) is 5.16. The lowest BCUT2D eigenvalue weighted by molar-refractivity contribution is -0.137. The topological polar surface area (TPSA) is 42.4 Å². The highest BCUT2D eigenvalue weighted by molar-refractivity contribution is 14.1. The van der Waals surface area contributed by atoms with Crippen LogP contribution in [0.5, 0.6) is 5.88 Å². The second kappa shape index (κ2) is 7.19. The van der Waals surface area contributed by atoms with Gasteiger partial charge in [0.05, 0.1) is 12.1 Å². The summed E-state index contributed by atoms with van der Waals surface area (Å²) in [6.07, 6.45) is -3.19. The van der Waals surface area contributed by atoms with E-state index in [4.69, 9.17) is 4.74 Å². The van der Waals surface area contributed by atoms with E-state index in [2.05, 4.69) is 27.6 Å². The zero-order chi connectivity index (χ0) is 18.0. The van der Waals surface area contributed by atoms with Crippen LogP contribution in [-0.2, 0) is 6.18 Å². The minimum Gasteiger partial charge on any atom is -0.472 e. The summed E-state index contributed by atoms with van der Waals surface area (Å²) in [6.45, 7) is 0.816. The van der Waals surface area contributed by atoms with Gasteiger partial charge in [-0.15, -0.1) is 0 Å². The maximum absolute atomic E-state index is 12.7. The van der Waals surface area contributed by atoms with E-state index >= 15 is 0 Å². The first-order chi connectivity index (χ1) is 11.8. The molecule has 0 N–H and O–H groups in total. The number of hydrogen-bond donors (Lipinski definition) is 0. The average Bonchev–Trinajstić information content (AvgIpc) is 3.02. The summed E-state index contributed by atoms with van der Waals surface area (Å²) >= 11 is 2.13. The minimum atomic E-state index is -4.44. The number of carbonyl (C=O) groups is 1. The minimum absolute atomic E-state index is 0.0802. The van der Waals surface area contributed by atoms with E-state index < -0.39 is 11.7 Å². The summed E-state index contributed by atoms with van der Waals surface area (Å²) in [5.41, 5.74) is -0.216. The number of benzene rings is 1. The quantitative estimate of drug-likeness (QED) is 0.648. The zero-order valence-electron chi connectivity index (χ0n) is 13.0. The van der Waals surface area contributed by atoms with Gasteiger partial charge >= 0.3 is 6.18 Å². The van der Waals surface area contributed by atoms with Crippen molar-refractivity contribution in [1.29, 1.82) is 0 Å². The number of rotatable bonds is 3. The molecule has 1 aromatic heterocycles. The monoisotopic (exact) mass is 462 g/mol. The maximum Gasteiger partial charge on any atom is 0.416 e. The second-order valence-corrected chi connectivity index (χ2v) is 6.92. The van der Waals surface area contributed by atoms with Gasteiger partial charge in [-0.1, -0.05) is 6.07 Å². The number of pyridine rings is 1. The number of amides is 1. The summed E-state index contributed by atoms with van der Waals surface area (Å²) in [5, 5.41) is 0. The van der Waals surface area contributed by atoms with Gasteiger partial charge in [-0.3, -0.25) is 4.79 Å². The Bertz CT molecular complexity index is 782. The van der Waals surface area contributed by atoms with E-state index in [-0.39, 0.29) is 17.9 Å². The predicted molar refractivity (Wildman–Crippen MR) is 93.3 cm³/mol. The van der Waals surface area contributed by atoms with Crippen LogP contribution in [0.2, 0.25) is 0 Å². The van der Waals surface area contributed by atoms with Gasteiger partial charge in [-0.25, -0.2) is 4.98 Å². The van der Waals surface area contributed by atoms with Crippen LogP contribution < -0.4 is 4.74 Å². The molecule has 1 amide bonds. The van der Waals surface area contributed by atoms with Crippen LogP contribution in [0, 0.1) is 3.57 Å². The molecule has 25 heavy (non-hydrogen) atoms. The number of ether oxygens (including phenoxy) is 1. The van der Waals surface area contributed by atoms with Crippen LogP contribution in [0.15, 0.2) is 42.6 Å². The van der Waals surface area contributed by atoms with Crippen molar-refractivity contribution in [3.63, 3.8) is 0 Å². The van der Waals surface area contributed by atoms with Gasteiger partial charge in [0.2, 0.25) is 5.88 Å². The second-order valence-electron chi connectivity index (χ2n) is 5.67. The van der Waals surface area contributed by atoms with Crippen molar-refractivity contribution in [1.82, 2.24) is 9.88 Å². The summed E-state index contributed by atoms with van der Waals surface area (Å²) < 4.78 is 44.7. The zero-order valence-corrected chi connectivity index (χ0v) is 15.1. The number of aromatic nitrogens is 1. The van der Waals surface area contributed by atoms with E-state index in [0.29, 0.717) is 25.1 Å². The largest absolute Gasteiger partial charge is 0.472 e. The Morgan fingerprint density at radius 2 is 2.08 bits per heavy atom. The molecule has 3 rings (SSSR count). The molecular formula is C17H14F3IN2O2. The lowest BCUT2D eigenvalue weighted by atomic mass is 10.2. The third kappa shape index (κ3) is 4.42. The summed E-state index contributed by atoms with van der Waals surface area (Å²) in [6, 6.07) is 9.02. The highest BCUT2D eigenvalue weighted by atomic mass is 127. The van der Waals surface area contributed by atoms with Crippen molar-refractivity contribution in [3.05, 3.63) is 57.3 Å². The summed E-state index contributed by atoms with van der Waals surface area (Å²) in [7, 11) is 0. The van der Waals surface area contributed by atoms with E-state index in [1.807, 2.05) is 12.1 Å². The average molecular weight is 462 g/mol. The molecule has 1 aromatic carbocycles. The van der Waals surface area contributed by atoms with Crippen molar-refractivity contribution in [3.8, 4) is 5.88 Å². The molecule has 2 heterocycles. The number of likely N-dealkylation sites (tertiary alicyclic amines) is 1. The molecule has 0 bridgehead atoms. The Balaban J connectivity index is 1.65. The molecule has 1 saturated heterocycles. The first kappa shape index (κ1) is 18.0. The molecular weight excluding hydrogens is 448 g/mol. The van der Waals surface area contributed by atoms with Gasteiger partial charge in [-0.2, -0.15) is 13.2 Å². The van der Waals surface area contributed by atoms with Gasteiger partial charge in [-0.05, 0) is 46.9 Å². The number of nitrogens with zero attached hydrogens (tertiary/aromatic N) is 2. The number of alkyl halides is 3. The molecule has 1 fully saturated rings. The van der Waals surface area contributed by atoms with E-state index in [1.165, 1.54) is 0 Å². The molecule has 1 aliphatic heterocycles. The molecule has 1 aliphatic rings. The SMILES string of the molecule is O=C(c1cccc(I)c1)N1CCC(Oc2cc(C(F)(F)F)ccn2)C1. The molecule has 132 valence electrons. The van der Waals surface area contributed by atoms with Crippen molar-refractivity contribution >= 4 is 28.5 Å². The van der Waals surface area contributed by atoms with Crippen molar-refractivity contribution in [2.24, 2.45) is 0 Å². The summed E-state index contributed by atoms with van der Waals surface area (Å²) in [4.78, 5) is 18.0. The van der Waals surface area contributed by atoms with E-state index in [1.54, 1.807) is 17.0 Å². The van der Waals surface area contributed by atoms with Gasteiger partial charge < -0.3 is 9.64 Å². The van der Waals surface area contributed by atoms with Crippen LogP contribution in [0.25, 0.3) is 0 Å². The molecule has 8 heteroatoms. The fourth-order valence-corrected chi connectivity index (χ4v) is 3.18. The van der Waals surface area contributed by atoms with Gasteiger partial charge in [0.1, 0.15) is 6.10 Å². The fraction of sp³-hybridized carbons (Fsp3) is 0.294. The molecule has 0 radical (unpaired) electrons. The van der Waals surface area contributed by atoms with E-state index in [0.717, 1.165) is 21.9 Å². The van der Waals surface area contributed by atoms with Crippen LogP contribution in [0.3, 0.4) is 0 Å². The van der Waals surface area contributed by atoms with Crippen LogP contribution in [-0.4, -0.2) is 35.0 Å². The Hall–Kier alpha value is -1.84. The molecule has 0 saturated carbocycles. The number of hydrogen-bond acceptors (Lipinski definition) is 3. The first-order valence-corrected chi connectivity index (χ1v) is 8.65. The predicted octanol–water partition coefficient (Wildman–Crippen LogP) is 4.00. The molecule has 4 nitrogen and oxygen atoms in total. The van der Waals surface area contributed by atoms with Gasteiger partial charge in [0.15, 0.2) is 0 Å².